The summed E-state index contributed by atoms with van der Waals surface area (Å²) in [6.45, 7) is 0.458. The van der Waals surface area contributed by atoms with Gasteiger partial charge < -0.3 is 15.7 Å². The molecule has 0 radical (unpaired) electrons. The van der Waals surface area contributed by atoms with Gasteiger partial charge in [0.2, 0.25) is 0 Å². The van der Waals surface area contributed by atoms with Gasteiger partial charge in [-0.1, -0.05) is 15.9 Å². The largest absolute Gasteiger partial charge is 0.502 e. The van der Waals surface area contributed by atoms with E-state index in [9.17, 15) is 4.79 Å². The van der Waals surface area contributed by atoms with Gasteiger partial charge in [-0.25, -0.2) is 0 Å². The number of carbonyl (C=O) groups excluding carboxylic acids is 1. The Kier molecular flexibility index (Phi) is 2.16. The number of carbonyl (C=O) groups is 1. The molecule has 0 aliphatic carbocycles. The molecule has 1 aliphatic rings. The van der Waals surface area contributed by atoms with Crippen LogP contribution in [0.3, 0.4) is 0 Å². The molecule has 4 nitrogen and oxygen atoms in total. The average molecular weight is 207 g/mol. The van der Waals surface area contributed by atoms with Gasteiger partial charge in [0.05, 0.1) is 4.95 Å². The van der Waals surface area contributed by atoms with E-state index in [-0.39, 0.29) is 10.7 Å². The highest BCUT2D eigenvalue weighted by Crippen LogP contribution is 1.98. The van der Waals surface area contributed by atoms with Crippen LogP contribution in [0.25, 0.3) is 0 Å². The van der Waals surface area contributed by atoms with Gasteiger partial charge in [0.25, 0.3) is 5.91 Å². The van der Waals surface area contributed by atoms with E-state index in [0.717, 1.165) is 0 Å². The highest BCUT2D eigenvalue weighted by molar-refractivity contribution is 9.09. The van der Waals surface area contributed by atoms with Gasteiger partial charge in [-0.05, 0) is 0 Å². The Hall–Kier alpha value is -0.710. The van der Waals surface area contributed by atoms with Crippen molar-refractivity contribution in [1.29, 1.82) is 0 Å². The van der Waals surface area contributed by atoms with Crippen molar-refractivity contribution < 1.29 is 9.90 Å². The highest BCUT2D eigenvalue weighted by Gasteiger charge is 2.13. The Bertz CT molecular complexity index is 180. The summed E-state index contributed by atoms with van der Waals surface area (Å²) >= 11 is 3.21. The van der Waals surface area contributed by atoms with E-state index in [4.69, 9.17) is 5.11 Å². The second kappa shape index (κ2) is 2.92. The minimum Gasteiger partial charge on any atom is -0.502 e. The van der Waals surface area contributed by atoms with E-state index in [2.05, 4.69) is 26.6 Å². The number of hydrogen-bond acceptors (Lipinski definition) is 3. The van der Waals surface area contributed by atoms with E-state index in [0.29, 0.717) is 6.54 Å². The molecule has 56 valence electrons. The number of hydrogen-bond donors (Lipinski definition) is 3. The number of nitrogens with one attached hydrogen (secondary N) is 2. The Morgan fingerprint density at radius 3 is 3.20 bits per heavy atom. The monoisotopic (exact) mass is 206 g/mol. The second-order valence-electron chi connectivity index (χ2n) is 1.87. The van der Waals surface area contributed by atoms with Crippen LogP contribution in [0.2, 0.25) is 0 Å². The molecule has 0 saturated carbocycles. The van der Waals surface area contributed by atoms with E-state index in [1.54, 1.807) is 0 Å². The summed E-state index contributed by atoms with van der Waals surface area (Å²) in [5, 5.41) is 14.1. The topological polar surface area (TPSA) is 61.4 Å². The minimum absolute atomic E-state index is 0.0129. The molecule has 0 aromatic rings. The maximum atomic E-state index is 10.7. The summed E-state index contributed by atoms with van der Waals surface area (Å²) in [5.74, 6) is -0.739. The predicted octanol–water partition coefficient (Wildman–Crippen LogP) is -0.174. The fourth-order valence-electron chi connectivity index (χ4n) is 0.567. The quantitative estimate of drug-likeness (QED) is 0.381. The maximum absolute atomic E-state index is 10.7. The van der Waals surface area contributed by atoms with E-state index < -0.39 is 5.91 Å². The molecule has 0 aromatic heterocycles. The van der Waals surface area contributed by atoms with Crippen LogP contribution in [0.5, 0.6) is 0 Å². The summed E-state index contributed by atoms with van der Waals surface area (Å²) in [6, 6.07) is 0. The van der Waals surface area contributed by atoms with Crippen LogP contribution in [-0.2, 0) is 4.79 Å². The summed E-state index contributed by atoms with van der Waals surface area (Å²) in [7, 11) is 0. The molecule has 1 unspecified atom stereocenters. The third-order valence-electron chi connectivity index (χ3n) is 1.08. The smallest absolute Gasteiger partial charge is 0.287 e. The molecule has 0 spiro atoms. The molecule has 0 fully saturated rings. The lowest BCUT2D eigenvalue weighted by molar-refractivity contribution is -0.119. The molecule has 0 saturated heterocycles. The molecule has 0 bridgehead atoms. The second-order valence-corrected chi connectivity index (χ2v) is 2.98. The molecule has 0 aromatic carbocycles. The molecule has 1 heterocycles. The van der Waals surface area contributed by atoms with Gasteiger partial charge in [0, 0.05) is 12.7 Å². The third kappa shape index (κ3) is 1.63. The van der Waals surface area contributed by atoms with E-state index >= 15 is 0 Å². The Morgan fingerprint density at radius 1 is 1.80 bits per heavy atom. The number of aliphatic hydroxyl groups is 1. The first-order valence-electron chi connectivity index (χ1n) is 2.77. The van der Waals surface area contributed by atoms with Crippen molar-refractivity contribution in [3.8, 4) is 0 Å². The van der Waals surface area contributed by atoms with Crippen LogP contribution < -0.4 is 10.6 Å². The van der Waals surface area contributed by atoms with Crippen LogP contribution in [0.1, 0.15) is 0 Å². The Labute approximate surface area is 66.4 Å². The first kappa shape index (κ1) is 7.40. The molecular formula is C5H7BrN2O2. The van der Waals surface area contributed by atoms with Gasteiger partial charge in [0.1, 0.15) is 0 Å². The lowest BCUT2D eigenvalue weighted by atomic mass is 10.5. The zero-order valence-electron chi connectivity index (χ0n) is 5.10. The van der Waals surface area contributed by atoms with E-state index in [1.165, 1.54) is 6.20 Å². The fraction of sp³-hybridized carbons (Fsp3) is 0.400. The average Bonchev–Trinajstić information content (AvgIpc) is 2.04. The lowest BCUT2D eigenvalue weighted by Gasteiger charge is -2.04. The first-order chi connectivity index (χ1) is 4.70. The molecule has 10 heavy (non-hydrogen) atoms. The van der Waals surface area contributed by atoms with Crippen molar-refractivity contribution in [3.63, 3.8) is 0 Å². The molecular weight excluding hydrogens is 200 g/mol. The van der Waals surface area contributed by atoms with Crippen molar-refractivity contribution in [2.24, 2.45) is 0 Å². The van der Waals surface area contributed by atoms with Gasteiger partial charge in [-0.2, -0.15) is 0 Å². The van der Waals surface area contributed by atoms with Crippen LogP contribution >= 0.6 is 15.9 Å². The molecule has 1 aliphatic heterocycles. The fourth-order valence-corrected chi connectivity index (χ4v) is 0.861. The van der Waals surface area contributed by atoms with Crippen molar-refractivity contribution in [3.05, 3.63) is 12.0 Å². The highest BCUT2D eigenvalue weighted by atomic mass is 79.9. The molecule has 1 amide bonds. The van der Waals surface area contributed by atoms with Gasteiger partial charge in [-0.15, -0.1) is 0 Å². The van der Waals surface area contributed by atoms with Gasteiger partial charge in [0.15, 0.2) is 5.76 Å². The van der Waals surface area contributed by atoms with Crippen molar-refractivity contribution in [2.75, 3.05) is 6.54 Å². The molecule has 1 atom stereocenters. The number of halogens is 1. The summed E-state index contributed by atoms with van der Waals surface area (Å²) in [4.78, 5) is 10.7. The standard InChI is InChI=1S/C5H7BrN2O2/c6-4-2-8-5(10)3(9)1-7-4/h1,4,7,9H,2H2,(H,8,10). The first-order valence-corrected chi connectivity index (χ1v) is 3.69. The zero-order valence-corrected chi connectivity index (χ0v) is 6.68. The maximum Gasteiger partial charge on any atom is 0.287 e. The zero-order chi connectivity index (χ0) is 7.56. The summed E-state index contributed by atoms with van der Waals surface area (Å²) in [6.07, 6.45) is 1.27. The van der Waals surface area contributed by atoms with Crippen LogP contribution in [0, 0.1) is 0 Å². The van der Waals surface area contributed by atoms with Gasteiger partial charge in [-0.3, -0.25) is 4.79 Å². The van der Waals surface area contributed by atoms with Crippen molar-refractivity contribution in [1.82, 2.24) is 10.6 Å². The van der Waals surface area contributed by atoms with Crippen LogP contribution in [-0.4, -0.2) is 22.5 Å². The van der Waals surface area contributed by atoms with Crippen LogP contribution in [0.4, 0.5) is 0 Å². The minimum atomic E-state index is -0.450. The number of rotatable bonds is 0. The number of alkyl halides is 1. The van der Waals surface area contributed by atoms with E-state index in [1.807, 2.05) is 0 Å². The Morgan fingerprint density at radius 2 is 2.50 bits per heavy atom. The Balaban J connectivity index is 2.64. The summed E-state index contributed by atoms with van der Waals surface area (Å²) in [5.41, 5.74) is 0. The van der Waals surface area contributed by atoms with Crippen molar-refractivity contribution >= 4 is 21.8 Å². The normalized spacial score (nSPS) is 25.9. The predicted molar refractivity (Wildman–Crippen MR) is 39.6 cm³/mol. The third-order valence-corrected chi connectivity index (χ3v) is 1.66. The summed E-state index contributed by atoms with van der Waals surface area (Å²) < 4.78 is 0. The number of amides is 1. The SMILES string of the molecule is O=C1NCC(Br)NC=C1O. The van der Waals surface area contributed by atoms with Gasteiger partial charge >= 0.3 is 0 Å². The molecule has 5 heteroatoms. The van der Waals surface area contributed by atoms with Crippen LogP contribution in [0.15, 0.2) is 12.0 Å². The molecule has 1 rings (SSSR count). The lowest BCUT2D eigenvalue weighted by Crippen LogP contribution is -2.31. The number of aliphatic hydroxyl groups excluding tert-OH is 1. The molecule has 3 N–H and O–H groups in total. The van der Waals surface area contributed by atoms with Crippen molar-refractivity contribution in [2.45, 2.75) is 4.95 Å².